The van der Waals surface area contributed by atoms with Crippen LogP contribution in [0.2, 0.25) is 0 Å². The van der Waals surface area contributed by atoms with E-state index in [9.17, 15) is 19.2 Å². The lowest BCUT2D eigenvalue weighted by atomic mass is 10.2. The largest absolute Gasteiger partial charge is 0.469 e. The third-order valence-corrected chi connectivity index (χ3v) is 4.57. The van der Waals surface area contributed by atoms with Crippen LogP contribution in [0.15, 0.2) is 64.2 Å². The van der Waals surface area contributed by atoms with Crippen LogP contribution in [0.25, 0.3) is 10.9 Å². The molecule has 0 saturated heterocycles. The molecule has 1 N–H and O–H groups in total. The lowest BCUT2D eigenvalue weighted by Crippen LogP contribution is -2.42. The lowest BCUT2D eigenvalue weighted by Gasteiger charge is -2.23. The molecule has 8 nitrogen and oxygen atoms in total. The van der Waals surface area contributed by atoms with Crippen LogP contribution in [0.3, 0.4) is 0 Å². The summed E-state index contributed by atoms with van der Waals surface area (Å²) < 4.78 is 5.52. The Morgan fingerprint density at radius 3 is 2.45 bits per heavy atom. The van der Waals surface area contributed by atoms with Crippen LogP contribution < -0.4 is 11.2 Å². The van der Waals surface area contributed by atoms with Crippen molar-refractivity contribution in [1.82, 2.24) is 14.5 Å². The molecule has 1 amide bonds. The number of H-pyrrole nitrogens is 1. The summed E-state index contributed by atoms with van der Waals surface area (Å²) in [6.45, 7) is -0.0649. The Morgan fingerprint density at radius 1 is 1.03 bits per heavy atom. The zero-order valence-electron chi connectivity index (χ0n) is 16.0. The molecule has 0 saturated carbocycles. The van der Waals surface area contributed by atoms with E-state index in [1.807, 2.05) is 30.3 Å². The summed E-state index contributed by atoms with van der Waals surface area (Å²) in [5.74, 6) is -0.891. The Hall–Kier alpha value is -3.68. The van der Waals surface area contributed by atoms with Crippen molar-refractivity contribution in [2.24, 2.45) is 0 Å². The quantitative estimate of drug-likeness (QED) is 0.608. The predicted molar refractivity (Wildman–Crippen MR) is 107 cm³/mol. The van der Waals surface area contributed by atoms with Crippen LogP contribution in [-0.4, -0.2) is 40.0 Å². The second-order valence-corrected chi connectivity index (χ2v) is 6.49. The maximum atomic E-state index is 12.9. The number of esters is 1. The number of carbonyl (C=O) groups is 2. The fourth-order valence-electron chi connectivity index (χ4n) is 3.00. The van der Waals surface area contributed by atoms with Crippen molar-refractivity contribution in [3.05, 3.63) is 81.0 Å². The molecule has 0 aliphatic carbocycles. The van der Waals surface area contributed by atoms with E-state index in [-0.39, 0.29) is 19.5 Å². The molecular weight excluding hydrogens is 374 g/mol. The van der Waals surface area contributed by atoms with Crippen LogP contribution in [0.1, 0.15) is 12.0 Å². The normalized spacial score (nSPS) is 10.7. The number of hydrogen-bond acceptors (Lipinski definition) is 5. The van der Waals surface area contributed by atoms with Crippen LogP contribution in [0, 0.1) is 0 Å². The smallest absolute Gasteiger partial charge is 0.329 e. The number of nitrogens with one attached hydrogen (secondary N) is 1. The summed E-state index contributed by atoms with van der Waals surface area (Å²) in [6.07, 6.45) is 0.0120. The van der Waals surface area contributed by atoms with Crippen LogP contribution in [-0.2, 0) is 27.4 Å². The number of fused-ring (bicyclic) bond motifs is 1. The molecule has 0 fully saturated rings. The number of nitrogens with zero attached hydrogens (tertiary/aromatic N) is 2. The molecule has 150 valence electrons. The summed E-state index contributed by atoms with van der Waals surface area (Å²) in [4.78, 5) is 53.5. The Bertz CT molecular complexity index is 1130. The van der Waals surface area contributed by atoms with Gasteiger partial charge >= 0.3 is 11.7 Å². The van der Waals surface area contributed by atoms with Gasteiger partial charge in [-0.1, -0.05) is 42.5 Å². The van der Waals surface area contributed by atoms with Gasteiger partial charge in [-0.25, -0.2) is 4.79 Å². The molecular formula is C21H21N3O5. The molecule has 0 aliphatic heterocycles. The van der Waals surface area contributed by atoms with Gasteiger partial charge in [0, 0.05) is 13.1 Å². The first-order valence-corrected chi connectivity index (χ1v) is 9.10. The second-order valence-electron chi connectivity index (χ2n) is 6.49. The number of ether oxygens (including phenoxy) is 1. The van der Waals surface area contributed by atoms with Gasteiger partial charge in [-0.3, -0.25) is 19.0 Å². The number of aromatic nitrogens is 2. The number of rotatable bonds is 7. The molecule has 8 heteroatoms. The maximum absolute atomic E-state index is 12.9. The van der Waals surface area contributed by atoms with Crippen molar-refractivity contribution in [2.45, 2.75) is 19.5 Å². The number of para-hydroxylation sites is 1. The van der Waals surface area contributed by atoms with Crippen LogP contribution in [0.4, 0.5) is 0 Å². The van der Waals surface area contributed by atoms with E-state index < -0.39 is 29.7 Å². The van der Waals surface area contributed by atoms with Crippen LogP contribution >= 0.6 is 0 Å². The van der Waals surface area contributed by atoms with Crippen molar-refractivity contribution in [2.75, 3.05) is 13.7 Å². The average molecular weight is 395 g/mol. The van der Waals surface area contributed by atoms with Gasteiger partial charge in [0.2, 0.25) is 5.91 Å². The Kier molecular flexibility index (Phi) is 6.23. The van der Waals surface area contributed by atoms with Crippen LogP contribution in [0.5, 0.6) is 0 Å². The third kappa shape index (κ3) is 4.78. The molecule has 0 bridgehead atoms. The molecule has 0 unspecified atom stereocenters. The topological polar surface area (TPSA) is 101 Å². The lowest BCUT2D eigenvalue weighted by molar-refractivity contribution is -0.142. The van der Waals surface area contributed by atoms with Gasteiger partial charge in [-0.15, -0.1) is 0 Å². The Balaban J connectivity index is 1.87. The summed E-state index contributed by atoms with van der Waals surface area (Å²) in [6, 6.07) is 15.9. The Labute approximate surface area is 166 Å². The molecule has 0 radical (unpaired) electrons. The van der Waals surface area contributed by atoms with Gasteiger partial charge < -0.3 is 14.6 Å². The maximum Gasteiger partial charge on any atom is 0.329 e. The van der Waals surface area contributed by atoms with Crippen molar-refractivity contribution >= 4 is 22.8 Å². The van der Waals surface area contributed by atoms with E-state index >= 15 is 0 Å². The Morgan fingerprint density at radius 2 is 1.72 bits per heavy atom. The number of carbonyl (C=O) groups excluding carboxylic acids is 2. The molecule has 29 heavy (non-hydrogen) atoms. The molecule has 1 heterocycles. The second kappa shape index (κ2) is 9.01. The SMILES string of the molecule is COC(=O)CCN(Cc1ccccc1)C(=O)Cn1c(=O)[nH]c2ccccc2c1=O. The van der Waals surface area contributed by atoms with Gasteiger partial charge in [-0.2, -0.15) is 0 Å². The minimum absolute atomic E-state index is 0.0120. The van der Waals surface area contributed by atoms with Gasteiger partial charge in [0.15, 0.2) is 0 Å². The van der Waals surface area contributed by atoms with E-state index in [0.29, 0.717) is 10.9 Å². The summed E-state index contributed by atoms with van der Waals surface area (Å²) >= 11 is 0. The standard InChI is InChI=1S/C21H21N3O5/c1-29-19(26)11-12-23(13-15-7-3-2-4-8-15)18(25)14-24-20(27)16-9-5-6-10-17(16)22-21(24)28/h2-10H,11-14H2,1H3,(H,22,28). The summed E-state index contributed by atoms with van der Waals surface area (Å²) in [7, 11) is 1.28. The average Bonchev–Trinajstić information content (AvgIpc) is 2.74. The molecule has 0 atom stereocenters. The van der Waals surface area contributed by atoms with Gasteiger partial charge in [-0.05, 0) is 17.7 Å². The number of amides is 1. The molecule has 2 aromatic carbocycles. The summed E-state index contributed by atoms with van der Waals surface area (Å²) in [5, 5.41) is 0.323. The van der Waals surface area contributed by atoms with Crippen molar-refractivity contribution in [1.29, 1.82) is 0 Å². The van der Waals surface area contributed by atoms with E-state index in [4.69, 9.17) is 0 Å². The zero-order valence-corrected chi connectivity index (χ0v) is 16.0. The highest BCUT2D eigenvalue weighted by molar-refractivity contribution is 5.79. The van der Waals surface area contributed by atoms with Gasteiger partial charge in [0.25, 0.3) is 5.56 Å². The fraction of sp³-hybridized carbons (Fsp3) is 0.238. The third-order valence-electron chi connectivity index (χ3n) is 4.57. The van der Waals surface area contributed by atoms with E-state index in [1.165, 1.54) is 12.0 Å². The fourth-order valence-corrected chi connectivity index (χ4v) is 3.00. The highest BCUT2D eigenvalue weighted by atomic mass is 16.5. The molecule has 3 rings (SSSR count). The highest BCUT2D eigenvalue weighted by Crippen LogP contribution is 2.07. The molecule has 0 aliphatic rings. The molecule has 1 aromatic heterocycles. The zero-order chi connectivity index (χ0) is 20.8. The molecule has 3 aromatic rings. The number of methoxy groups -OCH3 is 1. The van der Waals surface area contributed by atoms with Crippen molar-refractivity contribution < 1.29 is 14.3 Å². The van der Waals surface area contributed by atoms with Gasteiger partial charge in [0.1, 0.15) is 6.54 Å². The number of hydrogen-bond donors (Lipinski definition) is 1. The van der Waals surface area contributed by atoms with Gasteiger partial charge in [0.05, 0.1) is 24.4 Å². The van der Waals surface area contributed by atoms with E-state index in [2.05, 4.69) is 9.72 Å². The first kappa shape index (κ1) is 20.1. The molecule has 0 spiro atoms. The van der Waals surface area contributed by atoms with E-state index in [1.54, 1.807) is 24.3 Å². The minimum atomic E-state index is -0.658. The van der Waals surface area contributed by atoms with Crippen molar-refractivity contribution in [3.63, 3.8) is 0 Å². The monoisotopic (exact) mass is 395 g/mol. The first-order chi connectivity index (χ1) is 14.0. The van der Waals surface area contributed by atoms with E-state index in [0.717, 1.165) is 10.1 Å². The summed E-state index contributed by atoms with van der Waals surface area (Å²) in [5.41, 5.74) is 0.0866. The van der Waals surface area contributed by atoms with Crippen molar-refractivity contribution in [3.8, 4) is 0 Å². The number of aromatic amines is 1. The predicted octanol–water partition coefficient (Wildman–Crippen LogP) is 1.28. The highest BCUT2D eigenvalue weighted by Gasteiger charge is 2.19. The number of benzene rings is 2. The minimum Gasteiger partial charge on any atom is -0.469 e. The first-order valence-electron chi connectivity index (χ1n) is 9.10.